The molecule has 1 aliphatic carbocycles. The van der Waals surface area contributed by atoms with Crippen LogP contribution in [0.4, 0.5) is 11.4 Å². The number of aliphatic hydroxyl groups excluding tert-OH is 2. The third-order valence-electron chi connectivity index (χ3n) is 6.96. The summed E-state index contributed by atoms with van der Waals surface area (Å²) in [6.45, 7) is 3.14. The number of sulfone groups is 1. The van der Waals surface area contributed by atoms with E-state index in [1.165, 1.54) is 13.2 Å². The highest BCUT2D eigenvalue weighted by Gasteiger charge is 2.26. The first-order valence-corrected chi connectivity index (χ1v) is 18.1. The highest BCUT2D eigenvalue weighted by atomic mass is 32.2. The molecule has 0 saturated heterocycles. The number of hydrogen-bond acceptors (Lipinski definition) is 13. The molecule has 2 aliphatic rings. The van der Waals surface area contributed by atoms with E-state index in [-0.39, 0.29) is 55.8 Å². The number of carbonyl (C=O) groups excluding carboxylic acids is 1. The third kappa shape index (κ3) is 8.23. The lowest BCUT2D eigenvalue weighted by molar-refractivity contribution is -0.140. The lowest BCUT2D eigenvalue weighted by Gasteiger charge is -2.15. The molecule has 0 fully saturated rings. The molecule has 0 amide bonds. The summed E-state index contributed by atoms with van der Waals surface area (Å²) in [4.78, 5) is 40.8. The Morgan fingerprint density at radius 2 is 1.52 bits per heavy atom. The van der Waals surface area contributed by atoms with E-state index in [9.17, 15) is 41.4 Å². The van der Waals surface area contributed by atoms with Crippen LogP contribution in [0, 0.1) is 10.4 Å². The number of rotatable bonds is 9. The fraction of sp³-hybridized carbons (Fsp3) is 0.273. The molecule has 15 heteroatoms. The second-order valence-corrected chi connectivity index (χ2v) is 14.0. The minimum Gasteiger partial charge on any atom is -0.509 e. The Bertz CT molecular complexity index is 2390. The van der Waals surface area contributed by atoms with Gasteiger partial charge in [-0.3, -0.25) is 18.6 Å². The van der Waals surface area contributed by atoms with E-state index in [0.29, 0.717) is 17.5 Å². The Kier molecular flexibility index (Phi) is 12.5. The van der Waals surface area contributed by atoms with Crippen LogP contribution < -0.4 is 21.5 Å². The Morgan fingerprint density at radius 1 is 0.917 bits per heavy atom. The van der Waals surface area contributed by atoms with Crippen molar-refractivity contribution in [1.29, 1.82) is 0 Å². The average Bonchev–Trinajstić information content (AvgIpc) is 3.07. The third-order valence-corrected chi connectivity index (χ3v) is 9.28. The molecule has 0 unspecified atom stereocenters. The van der Waals surface area contributed by atoms with Gasteiger partial charge in [-0.1, -0.05) is 56.3 Å². The molecule has 5 rings (SSSR count). The minimum atomic E-state index is -4.38. The SMILES string of the molecule is CC.COC(=O)CCCS(C)(=O)=O.COS(=O)(=O)c1cc(Nc2ccccc2)c2c3c1nc(=O)c(=C(O)CO)c=3c1ccccc1c2=O. The maximum absolute atomic E-state index is 13.7. The van der Waals surface area contributed by atoms with E-state index in [0.717, 1.165) is 13.4 Å². The van der Waals surface area contributed by atoms with Gasteiger partial charge in [0.2, 0.25) is 0 Å². The van der Waals surface area contributed by atoms with Crippen molar-refractivity contribution in [3.05, 3.63) is 96.9 Å². The second kappa shape index (κ2) is 15.9. The van der Waals surface area contributed by atoms with Crippen LogP contribution in [0.25, 0.3) is 27.4 Å². The summed E-state index contributed by atoms with van der Waals surface area (Å²) < 4.78 is 55.9. The van der Waals surface area contributed by atoms with Crippen molar-refractivity contribution in [3.63, 3.8) is 0 Å². The zero-order chi connectivity index (χ0) is 35.8. The van der Waals surface area contributed by atoms with Crippen LogP contribution in [-0.2, 0) is 33.7 Å². The monoisotopic (exact) mass is 700 g/mol. The predicted octanol–water partition coefficient (Wildman–Crippen LogP) is 2.74. The Labute approximate surface area is 276 Å². The van der Waals surface area contributed by atoms with Crippen LogP contribution in [0.2, 0.25) is 0 Å². The molecule has 0 spiro atoms. The fourth-order valence-corrected chi connectivity index (χ4v) is 6.41. The van der Waals surface area contributed by atoms with Crippen molar-refractivity contribution >= 4 is 64.7 Å². The van der Waals surface area contributed by atoms with Crippen molar-refractivity contribution in [2.75, 3.05) is 38.2 Å². The van der Waals surface area contributed by atoms with Crippen molar-refractivity contribution in [3.8, 4) is 0 Å². The molecule has 0 atom stereocenters. The average molecular weight is 701 g/mol. The molecule has 13 nitrogen and oxygen atoms in total. The second-order valence-electron chi connectivity index (χ2n) is 10.1. The number of fused-ring (bicyclic) bond motifs is 2. The van der Waals surface area contributed by atoms with Crippen LogP contribution in [0.3, 0.4) is 0 Å². The molecule has 3 N–H and O–H groups in total. The normalized spacial score (nSPS) is 12.1. The molecule has 3 aromatic carbocycles. The topological polar surface area (TPSA) is 203 Å². The van der Waals surface area contributed by atoms with Crippen LogP contribution in [0.15, 0.2) is 75.1 Å². The molecule has 0 saturated carbocycles. The Hall–Kier alpha value is -4.70. The van der Waals surface area contributed by atoms with E-state index in [1.807, 2.05) is 13.8 Å². The number of nitrogens with one attached hydrogen (secondary N) is 1. The standard InChI is InChI=1S/C25H18N2O7S.C6H12O4S.C2H6/c1-34-35(32,33)18-11-16(26-13-7-3-2-4-8-13)20-22-19(14-9-5-6-10-15(14)24(20)30)21(17(29)12-28)25(31)27-23(18)22;1-10-6(7)4-3-5-11(2,8)9;1-2/h2-11,26,28-29H,12H2,1H3;3-5H2,1-2H3;1-2H3. The molecule has 0 aromatic heterocycles. The smallest absolute Gasteiger partial charge is 0.305 e. The molecular weight excluding hydrogens is 665 g/mol. The van der Waals surface area contributed by atoms with E-state index >= 15 is 0 Å². The number of para-hydroxylation sites is 1. The van der Waals surface area contributed by atoms with Gasteiger partial charge >= 0.3 is 5.97 Å². The molecule has 256 valence electrons. The van der Waals surface area contributed by atoms with E-state index < -0.39 is 48.2 Å². The summed E-state index contributed by atoms with van der Waals surface area (Å²) in [6.07, 6.45) is 1.65. The summed E-state index contributed by atoms with van der Waals surface area (Å²) in [5.41, 5.74) is -0.915. The Balaban J connectivity index is 0.000000412. The van der Waals surface area contributed by atoms with E-state index in [2.05, 4.69) is 15.0 Å². The van der Waals surface area contributed by atoms with Gasteiger partial charge < -0.3 is 20.3 Å². The van der Waals surface area contributed by atoms with Crippen molar-refractivity contribution in [1.82, 2.24) is 4.98 Å². The van der Waals surface area contributed by atoms with E-state index in [4.69, 9.17) is 4.18 Å². The molecule has 48 heavy (non-hydrogen) atoms. The van der Waals surface area contributed by atoms with Crippen LogP contribution >= 0.6 is 0 Å². The zero-order valence-electron chi connectivity index (χ0n) is 26.9. The first-order valence-electron chi connectivity index (χ1n) is 14.6. The van der Waals surface area contributed by atoms with Crippen molar-refractivity contribution < 1.29 is 40.8 Å². The highest BCUT2D eigenvalue weighted by molar-refractivity contribution is 7.90. The maximum Gasteiger partial charge on any atom is 0.305 e. The number of nitrogens with zero attached hydrogens (tertiary/aromatic N) is 1. The van der Waals surface area contributed by atoms with Gasteiger partial charge in [0, 0.05) is 34.2 Å². The molecular formula is C33H36N2O11S2. The number of ether oxygens (including phenoxy) is 1. The largest absolute Gasteiger partial charge is 0.509 e. The molecule has 1 heterocycles. The van der Waals surface area contributed by atoms with Crippen molar-refractivity contribution in [2.45, 2.75) is 31.6 Å². The number of aliphatic hydroxyl groups is 2. The lowest BCUT2D eigenvalue weighted by Crippen LogP contribution is -2.34. The first-order chi connectivity index (χ1) is 22.7. The summed E-state index contributed by atoms with van der Waals surface area (Å²) >= 11 is 0. The van der Waals surface area contributed by atoms with Gasteiger partial charge in [-0.15, -0.1) is 0 Å². The molecule has 0 radical (unpaired) electrons. The maximum atomic E-state index is 13.7. The zero-order valence-corrected chi connectivity index (χ0v) is 28.6. The van der Waals surface area contributed by atoms with Crippen LogP contribution in [-0.4, -0.2) is 70.8 Å². The number of aromatic nitrogens is 1. The van der Waals surface area contributed by atoms with Crippen molar-refractivity contribution in [2.24, 2.45) is 0 Å². The van der Waals surface area contributed by atoms with Gasteiger partial charge in [0.1, 0.15) is 27.1 Å². The number of hydrogen-bond donors (Lipinski definition) is 3. The van der Waals surface area contributed by atoms with Gasteiger partial charge in [0.05, 0.1) is 41.8 Å². The van der Waals surface area contributed by atoms with Gasteiger partial charge in [0.15, 0.2) is 5.43 Å². The lowest BCUT2D eigenvalue weighted by atomic mass is 9.97. The quantitative estimate of drug-likeness (QED) is 0.150. The highest BCUT2D eigenvalue weighted by Crippen LogP contribution is 2.32. The molecule has 1 aliphatic heterocycles. The summed E-state index contributed by atoms with van der Waals surface area (Å²) in [5, 5.41) is 23.6. The molecule has 3 aromatic rings. The van der Waals surface area contributed by atoms with Gasteiger partial charge in [-0.2, -0.15) is 8.42 Å². The Morgan fingerprint density at radius 3 is 2.08 bits per heavy atom. The number of benzene rings is 3. The summed E-state index contributed by atoms with van der Waals surface area (Å²) in [7, 11) is -5.06. The van der Waals surface area contributed by atoms with E-state index in [1.54, 1.807) is 54.6 Å². The van der Waals surface area contributed by atoms with Gasteiger partial charge in [-0.25, -0.2) is 13.4 Å². The number of carbonyl (C=O) groups is 1. The fourth-order valence-electron chi connectivity index (χ4n) is 4.91. The number of anilines is 2. The minimum absolute atomic E-state index is 0.0437. The first kappa shape index (κ1) is 37.8. The summed E-state index contributed by atoms with van der Waals surface area (Å²) in [5.74, 6) is -0.969. The van der Waals surface area contributed by atoms with Crippen LogP contribution in [0.1, 0.15) is 26.7 Å². The molecule has 0 bridgehead atoms. The summed E-state index contributed by atoms with van der Waals surface area (Å²) in [6, 6.07) is 16.5. The number of methoxy groups -OCH3 is 1. The number of esters is 1. The predicted molar refractivity (Wildman–Crippen MR) is 183 cm³/mol. The van der Waals surface area contributed by atoms with Gasteiger partial charge in [-0.05, 0) is 30.0 Å². The van der Waals surface area contributed by atoms with Gasteiger partial charge in [0.25, 0.3) is 15.7 Å². The van der Waals surface area contributed by atoms with Crippen LogP contribution in [0.5, 0.6) is 0 Å².